The van der Waals surface area contributed by atoms with Gasteiger partial charge in [-0.15, -0.1) is 11.8 Å². The first-order valence-electron chi connectivity index (χ1n) is 7.88. The summed E-state index contributed by atoms with van der Waals surface area (Å²) in [5.41, 5.74) is 1.48. The highest BCUT2D eigenvalue weighted by Gasteiger charge is 2.16. The van der Waals surface area contributed by atoms with Gasteiger partial charge in [-0.1, -0.05) is 19.1 Å². The van der Waals surface area contributed by atoms with Crippen LogP contribution < -0.4 is 5.32 Å². The van der Waals surface area contributed by atoms with Crippen molar-refractivity contribution in [1.29, 1.82) is 0 Å². The Kier molecular flexibility index (Phi) is 7.21. The molecule has 1 aromatic carbocycles. The quantitative estimate of drug-likeness (QED) is 0.718. The van der Waals surface area contributed by atoms with E-state index >= 15 is 0 Å². The highest BCUT2D eigenvalue weighted by atomic mass is 32.2. The van der Waals surface area contributed by atoms with Crippen LogP contribution in [0.1, 0.15) is 35.7 Å². The molecule has 0 bridgehead atoms. The lowest BCUT2D eigenvalue weighted by Gasteiger charge is -2.16. The number of nitrogens with zero attached hydrogens (tertiary/aromatic N) is 1. The number of rotatable bonds is 8. The second kappa shape index (κ2) is 9.39. The molecule has 1 atom stereocenters. The zero-order valence-corrected chi connectivity index (χ0v) is 14.4. The molecule has 0 saturated heterocycles. The summed E-state index contributed by atoms with van der Waals surface area (Å²) in [4.78, 5) is 16.8. The summed E-state index contributed by atoms with van der Waals surface area (Å²) in [6, 6.07) is 9.69. The van der Waals surface area contributed by atoms with Gasteiger partial charge in [-0.3, -0.25) is 4.79 Å². The van der Waals surface area contributed by atoms with Gasteiger partial charge in [-0.2, -0.15) is 0 Å². The normalized spacial score (nSPS) is 12.0. The Morgan fingerprint density at radius 1 is 1.33 bits per heavy atom. The zero-order chi connectivity index (χ0) is 17.4. The van der Waals surface area contributed by atoms with E-state index < -0.39 is 0 Å². The van der Waals surface area contributed by atoms with E-state index in [0.29, 0.717) is 22.8 Å². The van der Waals surface area contributed by atoms with Gasteiger partial charge in [0.2, 0.25) is 0 Å². The Balaban J connectivity index is 2.06. The third-order valence-electron chi connectivity index (χ3n) is 3.61. The van der Waals surface area contributed by atoms with Crippen molar-refractivity contribution in [2.75, 3.05) is 6.61 Å². The summed E-state index contributed by atoms with van der Waals surface area (Å²) in [7, 11) is 0. The van der Waals surface area contributed by atoms with Crippen molar-refractivity contribution in [2.45, 2.75) is 36.6 Å². The second-order valence-electron chi connectivity index (χ2n) is 5.36. The van der Waals surface area contributed by atoms with E-state index in [4.69, 9.17) is 5.11 Å². The van der Waals surface area contributed by atoms with Gasteiger partial charge in [-0.25, -0.2) is 9.37 Å². The van der Waals surface area contributed by atoms with Crippen molar-refractivity contribution in [3.63, 3.8) is 0 Å². The highest BCUT2D eigenvalue weighted by molar-refractivity contribution is 7.98. The maximum absolute atomic E-state index is 12.9. The van der Waals surface area contributed by atoms with E-state index in [2.05, 4.69) is 10.3 Å². The Bertz CT molecular complexity index is 664. The molecule has 4 nitrogen and oxygen atoms in total. The van der Waals surface area contributed by atoms with Crippen molar-refractivity contribution in [1.82, 2.24) is 10.3 Å². The van der Waals surface area contributed by atoms with Gasteiger partial charge >= 0.3 is 0 Å². The lowest BCUT2D eigenvalue weighted by Crippen LogP contribution is -2.35. The predicted octanol–water partition coefficient (Wildman–Crippen LogP) is 3.40. The molecular formula is C18H21FN2O2S. The molecule has 2 N–H and O–H groups in total. The van der Waals surface area contributed by atoms with E-state index in [1.807, 2.05) is 6.92 Å². The summed E-state index contributed by atoms with van der Waals surface area (Å²) in [6.07, 6.45) is 2.93. The minimum absolute atomic E-state index is 0.0397. The van der Waals surface area contributed by atoms with Crippen molar-refractivity contribution < 1.29 is 14.3 Å². The molecule has 24 heavy (non-hydrogen) atoms. The molecule has 2 aromatic rings. The molecule has 1 aromatic heterocycles. The molecule has 128 valence electrons. The smallest absolute Gasteiger partial charge is 0.254 e. The molecule has 1 amide bonds. The first-order chi connectivity index (χ1) is 11.6. The number of pyridine rings is 1. The number of aliphatic hydroxyl groups is 1. The first kappa shape index (κ1) is 18.4. The molecule has 0 aliphatic rings. The first-order valence-corrected chi connectivity index (χ1v) is 8.86. The van der Waals surface area contributed by atoms with Gasteiger partial charge in [-0.05, 0) is 42.7 Å². The average Bonchev–Trinajstić information content (AvgIpc) is 2.61. The molecule has 0 spiro atoms. The number of hydrogen-bond donors (Lipinski definition) is 2. The molecular weight excluding hydrogens is 327 g/mol. The van der Waals surface area contributed by atoms with Crippen molar-refractivity contribution >= 4 is 17.7 Å². The molecule has 0 aliphatic carbocycles. The van der Waals surface area contributed by atoms with Crippen LogP contribution in [0.5, 0.6) is 0 Å². The monoisotopic (exact) mass is 348 g/mol. The standard InChI is InChI=1S/C18H21FN2O2S/c1-2-15(9-11-22)21-17(23)16-4-3-10-20-18(16)24-12-13-5-7-14(19)8-6-13/h3-8,10,15,22H,2,9,11-12H2,1H3,(H,21,23). The number of carbonyl (C=O) groups excluding carboxylic acids is 1. The van der Waals surface area contributed by atoms with Crippen LogP contribution in [0.4, 0.5) is 4.39 Å². The molecule has 0 fully saturated rings. The summed E-state index contributed by atoms with van der Waals surface area (Å²) in [5.74, 6) is 0.145. The van der Waals surface area contributed by atoms with E-state index in [9.17, 15) is 9.18 Å². The fourth-order valence-electron chi connectivity index (χ4n) is 2.21. The van der Waals surface area contributed by atoms with Crippen molar-refractivity contribution in [3.05, 3.63) is 59.5 Å². The van der Waals surface area contributed by atoms with Crippen LogP contribution in [0.15, 0.2) is 47.6 Å². The van der Waals surface area contributed by atoms with Crippen LogP contribution in [-0.4, -0.2) is 28.6 Å². The van der Waals surface area contributed by atoms with E-state index in [1.54, 1.807) is 30.5 Å². The third-order valence-corrected chi connectivity index (χ3v) is 4.69. The maximum atomic E-state index is 12.9. The SMILES string of the molecule is CCC(CCO)NC(=O)c1cccnc1SCc1ccc(F)cc1. The molecule has 2 rings (SSSR count). The highest BCUT2D eigenvalue weighted by Crippen LogP contribution is 2.24. The number of thioether (sulfide) groups is 1. The lowest BCUT2D eigenvalue weighted by atomic mass is 10.1. The van der Waals surface area contributed by atoms with Gasteiger partial charge in [0.25, 0.3) is 5.91 Å². The van der Waals surface area contributed by atoms with Crippen LogP contribution in [0.25, 0.3) is 0 Å². The van der Waals surface area contributed by atoms with Gasteiger partial charge in [0.05, 0.1) is 5.56 Å². The largest absolute Gasteiger partial charge is 0.396 e. The van der Waals surface area contributed by atoms with Gasteiger partial charge in [0.1, 0.15) is 10.8 Å². The maximum Gasteiger partial charge on any atom is 0.254 e. The Labute approximate surface area is 145 Å². The van der Waals surface area contributed by atoms with Crippen molar-refractivity contribution in [2.24, 2.45) is 0 Å². The fourth-order valence-corrected chi connectivity index (χ4v) is 3.16. The summed E-state index contributed by atoms with van der Waals surface area (Å²) in [6.45, 7) is 2.01. The Morgan fingerprint density at radius 3 is 2.75 bits per heavy atom. The van der Waals surface area contributed by atoms with Gasteiger partial charge in [0.15, 0.2) is 0 Å². The Morgan fingerprint density at radius 2 is 2.08 bits per heavy atom. The van der Waals surface area contributed by atoms with Crippen LogP contribution in [0.2, 0.25) is 0 Å². The molecule has 1 unspecified atom stereocenters. The van der Waals surface area contributed by atoms with Gasteiger partial charge in [0, 0.05) is 24.6 Å². The number of amides is 1. The van der Waals surface area contributed by atoms with Crippen LogP contribution in [0.3, 0.4) is 0 Å². The molecule has 0 radical (unpaired) electrons. The third kappa shape index (κ3) is 5.32. The second-order valence-corrected chi connectivity index (χ2v) is 6.33. The molecule has 0 saturated carbocycles. The summed E-state index contributed by atoms with van der Waals surface area (Å²) < 4.78 is 12.9. The van der Waals surface area contributed by atoms with E-state index in [1.165, 1.54) is 23.9 Å². The van der Waals surface area contributed by atoms with Crippen LogP contribution in [-0.2, 0) is 5.75 Å². The number of hydrogen-bond acceptors (Lipinski definition) is 4. The summed E-state index contributed by atoms with van der Waals surface area (Å²) in [5, 5.41) is 12.6. The number of benzene rings is 1. The fraction of sp³-hybridized carbons (Fsp3) is 0.333. The lowest BCUT2D eigenvalue weighted by molar-refractivity contribution is 0.0925. The number of nitrogens with one attached hydrogen (secondary N) is 1. The number of aromatic nitrogens is 1. The van der Waals surface area contributed by atoms with Gasteiger partial charge < -0.3 is 10.4 Å². The van der Waals surface area contributed by atoms with Crippen LogP contribution in [0, 0.1) is 5.82 Å². The number of aliphatic hydroxyl groups excluding tert-OH is 1. The molecule has 6 heteroatoms. The predicted molar refractivity (Wildman–Crippen MR) is 93.4 cm³/mol. The van der Waals surface area contributed by atoms with E-state index in [0.717, 1.165) is 12.0 Å². The number of halogens is 1. The van der Waals surface area contributed by atoms with E-state index in [-0.39, 0.29) is 24.4 Å². The molecule has 0 aliphatic heterocycles. The zero-order valence-electron chi connectivity index (χ0n) is 13.5. The summed E-state index contributed by atoms with van der Waals surface area (Å²) >= 11 is 1.44. The minimum Gasteiger partial charge on any atom is -0.396 e. The minimum atomic E-state index is -0.267. The van der Waals surface area contributed by atoms with Crippen LogP contribution >= 0.6 is 11.8 Å². The molecule has 1 heterocycles. The van der Waals surface area contributed by atoms with Crippen molar-refractivity contribution in [3.8, 4) is 0 Å². The topological polar surface area (TPSA) is 62.2 Å². The Hall–Kier alpha value is -1.92. The number of carbonyl (C=O) groups is 1. The average molecular weight is 348 g/mol.